The fourth-order valence-corrected chi connectivity index (χ4v) is 2.91. The number of carbonyl (C=O) groups is 4. The number of ether oxygens (including phenoxy) is 1. The number of benzene rings is 2. The average molecular weight is 387 g/mol. The molecule has 2 aromatic rings. The van der Waals surface area contributed by atoms with Crippen LogP contribution in [0.5, 0.6) is 0 Å². The molecular formula is C19H15ClN2O5. The number of halogens is 1. The maximum absolute atomic E-state index is 12.0. The van der Waals surface area contributed by atoms with E-state index < -0.39 is 36.7 Å². The van der Waals surface area contributed by atoms with E-state index in [4.69, 9.17) is 16.3 Å². The van der Waals surface area contributed by atoms with Gasteiger partial charge in [-0.3, -0.25) is 24.1 Å². The summed E-state index contributed by atoms with van der Waals surface area (Å²) in [6, 6.07) is 11.3. The lowest BCUT2D eigenvalue weighted by atomic mass is 10.1. The van der Waals surface area contributed by atoms with Gasteiger partial charge in [-0.2, -0.15) is 0 Å². The first-order valence-electron chi connectivity index (χ1n) is 8.03. The third-order valence-corrected chi connectivity index (χ3v) is 4.23. The summed E-state index contributed by atoms with van der Waals surface area (Å²) < 4.78 is 4.92. The Hall–Kier alpha value is -3.19. The van der Waals surface area contributed by atoms with Gasteiger partial charge in [0.2, 0.25) is 0 Å². The van der Waals surface area contributed by atoms with Crippen molar-refractivity contribution in [1.29, 1.82) is 0 Å². The molecule has 0 radical (unpaired) electrons. The fourth-order valence-electron chi connectivity index (χ4n) is 2.68. The van der Waals surface area contributed by atoms with E-state index in [1.54, 1.807) is 43.3 Å². The molecule has 1 aliphatic rings. The number of aryl methyl sites for hydroxylation is 1. The lowest BCUT2D eigenvalue weighted by Crippen LogP contribution is -2.36. The molecule has 3 rings (SSSR count). The zero-order chi connectivity index (χ0) is 19.6. The van der Waals surface area contributed by atoms with E-state index in [2.05, 4.69) is 5.32 Å². The predicted octanol–water partition coefficient (Wildman–Crippen LogP) is 2.36. The Kier molecular flexibility index (Phi) is 5.23. The van der Waals surface area contributed by atoms with E-state index in [9.17, 15) is 19.2 Å². The molecule has 2 aromatic carbocycles. The summed E-state index contributed by atoms with van der Waals surface area (Å²) in [7, 11) is 0. The van der Waals surface area contributed by atoms with Crippen molar-refractivity contribution in [2.75, 3.05) is 23.4 Å². The van der Waals surface area contributed by atoms with Gasteiger partial charge >= 0.3 is 5.97 Å². The number of Topliss-reactive ketones (excluding diaryl/α,β-unsaturated/α-hetero) is 1. The molecule has 0 aromatic heterocycles. The van der Waals surface area contributed by atoms with Crippen LogP contribution in [0.1, 0.15) is 15.9 Å². The zero-order valence-corrected chi connectivity index (χ0v) is 15.1. The van der Waals surface area contributed by atoms with Gasteiger partial charge in [0.05, 0.1) is 11.3 Å². The van der Waals surface area contributed by atoms with Gasteiger partial charge in [0.1, 0.15) is 6.54 Å². The molecule has 7 nitrogen and oxygen atoms in total. The van der Waals surface area contributed by atoms with Crippen LogP contribution in [0.3, 0.4) is 0 Å². The zero-order valence-electron chi connectivity index (χ0n) is 14.3. The lowest BCUT2D eigenvalue weighted by molar-refractivity contribution is -0.146. The number of ketones is 1. The van der Waals surface area contributed by atoms with E-state index in [1.807, 2.05) is 0 Å². The van der Waals surface area contributed by atoms with Gasteiger partial charge in [-0.1, -0.05) is 23.7 Å². The Morgan fingerprint density at radius 1 is 1.15 bits per heavy atom. The molecule has 0 atom stereocenters. The second kappa shape index (κ2) is 7.59. The summed E-state index contributed by atoms with van der Waals surface area (Å²) in [5, 5.41) is 3.15. The molecule has 0 saturated carbocycles. The number of esters is 1. The Labute approximate surface area is 159 Å². The molecular weight excluding hydrogens is 372 g/mol. The third-order valence-electron chi connectivity index (χ3n) is 3.99. The van der Waals surface area contributed by atoms with E-state index in [1.165, 1.54) is 6.07 Å². The van der Waals surface area contributed by atoms with Gasteiger partial charge < -0.3 is 10.1 Å². The van der Waals surface area contributed by atoms with Crippen molar-refractivity contribution in [3.05, 3.63) is 58.6 Å². The summed E-state index contributed by atoms with van der Waals surface area (Å²) in [5.41, 5.74) is 1.91. The summed E-state index contributed by atoms with van der Waals surface area (Å²) in [6.45, 7) is 0.814. The van der Waals surface area contributed by atoms with Crippen LogP contribution in [-0.4, -0.2) is 36.7 Å². The first-order chi connectivity index (χ1) is 12.9. The second-order valence-corrected chi connectivity index (χ2v) is 6.34. The monoisotopic (exact) mass is 386 g/mol. The maximum Gasteiger partial charge on any atom is 0.326 e. The number of para-hydroxylation sites is 1. The third kappa shape index (κ3) is 3.98. The Morgan fingerprint density at radius 2 is 1.89 bits per heavy atom. The van der Waals surface area contributed by atoms with E-state index in [0.29, 0.717) is 16.4 Å². The number of nitrogens with zero attached hydrogens (tertiary/aromatic N) is 1. The van der Waals surface area contributed by atoms with Crippen LogP contribution in [0.4, 0.5) is 11.4 Å². The standard InChI is InChI=1S/C19H15ClN2O5/c1-11-8-12(20)6-7-14(11)21-16(23)10-27-17(24)9-22-15-5-3-2-4-13(15)18(25)19(22)26/h2-8H,9-10H2,1H3,(H,21,23). The molecule has 0 fully saturated rings. The van der Waals surface area contributed by atoms with Gasteiger partial charge in [0.25, 0.3) is 17.6 Å². The number of hydrogen-bond donors (Lipinski definition) is 1. The second-order valence-electron chi connectivity index (χ2n) is 5.91. The normalized spacial score (nSPS) is 12.7. The highest BCUT2D eigenvalue weighted by atomic mass is 35.5. The van der Waals surface area contributed by atoms with Crippen LogP contribution >= 0.6 is 11.6 Å². The number of nitrogens with one attached hydrogen (secondary N) is 1. The van der Waals surface area contributed by atoms with Crippen molar-refractivity contribution < 1.29 is 23.9 Å². The van der Waals surface area contributed by atoms with E-state index in [0.717, 1.165) is 10.5 Å². The molecule has 2 amide bonds. The minimum absolute atomic E-state index is 0.242. The van der Waals surface area contributed by atoms with Crippen LogP contribution in [0.2, 0.25) is 5.02 Å². The van der Waals surface area contributed by atoms with Gasteiger partial charge in [0.15, 0.2) is 6.61 Å². The van der Waals surface area contributed by atoms with Crippen molar-refractivity contribution >= 4 is 46.5 Å². The molecule has 0 saturated heterocycles. The average Bonchev–Trinajstić information content (AvgIpc) is 2.88. The first-order valence-corrected chi connectivity index (χ1v) is 8.41. The Balaban J connectivity index is 1.56. The molecule has 0 aliphatic carbocycles. The van der Waals surface area contributed by atoms with Crippen LogP contribution in [0.25, 0.3) is 0 Å². The number of rotatable bonds is 5. The highest BCUT2D eigenvalue weighted by Crippen LogP contribution is 2.28. The molecule has 27 heavy (non-hydrogen) atoms. The molecule has 1 aliphatic heterocycles. The number of amides is 2. The minimum Gasteiger partial charge on any atom is -0.454 e. The maximum atomic E-state index is 12.0. The Bertz CT molecular complexity index is 957. The van der Waals surface area contributed by atoms with Crippen LogP contribution in [0.15, 0.2) is 42.5 Å². The molecule has 0 bridgehead atoms. The number of fused-ring (bicyclic) bond motifs is 1. The summed E-state index contributed by atoms with van der Waals surface area (Å²) in [6.07, 6.45) is 0. The van der Waals surface area contributed by atoms with Crippen LogP contribution in [0, 0.1) is 6.92 Å². The van der Waals surface area contributed by atoms with Crippen LogP contribution < -0.4 is 10.2 Å². The van der Waals surface area contributed by atoms with Crippen LogP contribution in [-0.2, 0) is 19.1 Å². The van der Waals surface area contributed by atoms with Crippen molar-refractivity contribution in [3.8, 4) is 0 Å². The number of anilines is 2. The van der Waals surface area contributed by atoms with Crippen molar-refractivity contribution in [1.82, 2.24) is 0 Å². The topological polar surface area (TPSA) is 92.8 Å². The van der Waals surface area contributed by atoms with Gasteiger partial charge in [-0.15, -0.1) is 0 Å². The van der Waals surface area contributed by atoms with Gasteiger partial charge in [0, 0.05) is 10.7 Å². The summed E-state index contributed by atoms with van der Waals surface area (Å²) in [4.78, 5) is 48.9. The largest absolute Gasteiger partial charge is 0.454 e. The van der Waals surface area contributed by atoms with Crippen molar-refractivity contribution in [2.24, 2.45) is 0 Å². The quantitative estimate of drug-likeness (QED) is 0.629. The highest BCUT2D eigenvalue weighted by Gasteiger charge is 2.36. The number of carbonyl (C=O) groups excluding carboxylic acids is 4. The summed E-state index contributed by atoms with van der Waals surface area (Å²) >= 11 is 5.86. The summed E-state index contributed by atoms with van der Waals surface area (Å²) in [5.74, 6) is -2.79. The molecule has 138 valence electrons. The predicted molar refractivity (Wildman–Crippen MR) is 98.9 cm³/mol. The first kappa shape index (κ1) is 18.6. The minimum atomic E-state index is -0.797. The Morgan fingerprint density at radius 3 is 2.63 bits per heavy atom. The van der Waals surface area contributed by atoms with Gasteiger partial charge in [-0.25, -0.2) is 0 Å². The molecule has 1 N–H and O–H groups in total. The highest BCUT2D eigenvalue weighted by molar-refractivity contribution is 6.52. The smallest absolute Gasteiger partial charge is 0.326 e. The molecule has 0 unspecified atom stereocenters. The van der Waals surface area contributed by atoms with Crippen molar-refractivity contribution in [2.45, 2.75) is 6.92 Å². The van der Waals surface area contributed by atoms with Crippen molar-refractivity contribution in [3.63, 3.8) is 0 Å². The molecule has 1 heterocycles. The van der Waals surface area contributed by atoms with E-state index in [-0.39, 0.29) is 5.56 Å². The SMILES string of the molecule is Cc1cc(Cl)ccc1NC(=O)COC(=O)CN1C(=O)C(=O)c2ccccc21. The lowest BCUT2D eigenvalue weighted by Gasteiger charge is -2.15. The van der Waals surface area contributed by atoms with E-state index >= 15 is 0 Å². The van der Waals surface area contributed by atoms with Gasteiger partial charge in [-0.05, 0) is 42.8 Å². The number of hydrogen-bond acceptors (Lipinski definition) is 5. The molecule has 8 heteroatoms. The molecule has 0 spiro atoms. The fraction of sp³-hybridized carbons (Fsp3) is 0.158.